The average Bonchev–Trinajstić information content (AvgIpc) is 3.15. The van der Waals surface area contributed by atoms with E-state index in [1.807, 2.05) is 0 Å². The van der Waals surface area contributed by atoms with Crippen molar-refractivity contribution in [2.45, 2.75) is 19.4 Å². The Labute approximate surface area is 111 Å². The molecule has 3 nitrogen and oxygen atoms in total. The highest BCUT2D eigenvalue weighted by Crippen LogP contribution is 2.28. The molecule has 0 heterocycles. The summed E-state index contributed by atoms with van der Waals surface area (Å²) in [7, 11) is 0. The standard InChI is InChI=1S/C13H16ClFN2O/c14-11-4-3-10(12(15)7-11)8-16-5-6-17-13(18)9-1-2-9/h3-4,7,9,16H,1-2,5-6,8H2,(H,17,18). The van der Waals surface area contributed by atoms with Crippen molar-refractivity contribution in [3.05, 3.63) is 34.6 Å². The Morgan fingerprint density at radius 3 is 2.83 bits per heavy atom. The van der Waals surface area contributed by atoms with Gasteiger partial charge in [-0.15, -0.1) is 0 Å². The van der Waals surface area contributed by atoms with Crippen molar-refractivity contribution in [2.24, 2.45) is 5.92 Å². The predicted octanol–water partition coefficient (Wildman–Crippen LogP) is 2.09. The van der Waals surface area contributed by atoms with E-state index < -0.39 is 0 Å². The van der Waals surface area contributed by atoms with Crippen molar-refractivity contribution in [1.82, 2.24) is 10.6 Å². The molecule has 1 aliphatic carbocycles. The van der Waals surface area contributed by atoms with Crippen molar-refractivity contribution >= 4 is 17.5 Å². The van der Waals surface area contributed by atoms with Crippen LogP contribution in [-0.4, -0.2) is 19.0 Å². The molecular weight excluding hydrogens is 255 g/mol. The molecular formula is C13H16ClFN2O. The average molecular weight is 271 g/mol. The number of hydrogen-bond donors (Lipinski definition) is 2. The topological polar surface area (TPSA) is 41.1 Å². The maximum atomic E-state index is 13.4. The highest BCUT2D eigenvalue weighted by molar-refractivity contribution is 6.30. The molecule has 2 rings (SSSR count). The molecule has 0 aromatic heterocycles. The van der Waals surface area contributed by atoms with Crippen LogP contribution in [0.15, 0.2) is 18.2 Å². The number of nitrogens with one attached hydrogen (secondary N) is 2. The molecule has 0 radical (unpaired) electrons. The van der Waals surface area contributed by atoms with Gasteiger partial charge in [0.15, 0.2) is 0 Å². The Hall–Kier alpha value is -1.13. The summed E-state index contributed by atoms with van der Waals surface area (Å²) in [5.74, 6) is 0.0604. The molecule has 1 aromatic rings. The zero-order valence-corrected chi connectivity index (χ0v) is 10.8. The van der Waals surface area contributed by atoms with Crippen LogP contribution >= 0.6 is 11.6 Å². The number of halogens is 2. The monoisotopic (exact) mass is 270 g/mol. The minimum atomic E-state index is -0.308. The van der Waals surface area contributed by atoms with Gasteiger partial charge in [0.1, 0.15) is 5.82 Å². The second-order valence-electron chi connectivity index (χ2n) is 4.48. The predicted molar refractivity (Wildman–Crippen MR) is 68.9 cm³/mol. The minimum Gasteiger partial charge on any atom is -0.355 e. The van der Waals surface area contributed by atoms with Gasteiger partial charge in [-0.3, -0.25) is 4.79 Å². The molecule has 98 valence electrons. The van der Waals surface area contributed by atoms with E-state index in [1.54, 1.807) is 12.1 Å². The normalized spacial score (nSPS) is 14.6. The summed E-state index contributed by atoms with van der Waals surface area (Å²) < 4.78 is 13.4. The highest BCUT2D eigenvalue weighted by atomic mass is 35.5. The number of amides is 1. The van der Waals surface area contributed by atoms with Crippen LogP contribution in [0.4, 0.5) is 4.39 Å². The van der Waals surface area contributed by atoms with E-state index in [1.165, 1.54) is 6.07 Å². The molecule has 0 aliphatic heterocycles. The third kappa shape index (κ3) is 3.96. The molecule has 0 atom stereocenters. The van der Waals surface area contributed by atoms with E-state index in [4.69, 9.17) is 11.6 Å². The van der Waals surface area contributed by atoms with E-state index >= 15 is 0 Å². The molecule has 5 heteroatoms. The van der Waals surface area contributed by atoms with E-state index in [0.717, 1.165) is 12.8 Å². The molecule has 1 aromatic carbocycles. The van der Waals surface area contributed by atoms with E-state index in [0.29, 0.717) is 30.2 Å². The van der Waals surface area contributed by atoms with E-state index in [2.05, 4.69) is 10.6 Å². The molecule has 18 heavy (non-hydrogen) atoms. The third-order valence-electron chi connectivity index (χ3n) is 2.88. The van der Waals surface area contributed by atoms with Crippen LogP contribution in [0.2, 0.25) is 5.02 Å². The van der Waals surface area contributed by atoms with Crippen LogP contribution in [0.1, 0.15) is 18.4 Å². The van der Waals surface area contributed by atoms with Gasteiger partial charge >= 0.3 is 0 Å². The number of carbonyl (C=O) groups excluding carboxylic acids is 1. The maximum absolute atomic E-state index is 13.4. The largest absolute Gasteiger partial charge is 0.355 e. The summed E-state index contributed by atoms with van der Waals surface area (Å²) in [5.41, 5.74) is 0.577. The van der Waals surface area contributed by atoms with Gasteiger partial charge in [0.05, 0.1) is 0 Å². The lowest BCUT2D eigenvalue weighted by Crippen LogP contribution is -2.32. The van der Waals surface area contributed by atoms with Crippen molar-refractivity contribution in [2.75, 3.05) is 13.1 Å². The summed E-state index contributed by atoms with van der Waals surface area (Å²) >= 11 is 5.66. The third-order valence-corrected chi connectivity index (χ3v) is 3.11. The molecule has 1 fully saturated rings. The number of rotatable bonds is 6. The summed E-state index contributed by atoms with van der Waals surface area (Å²) in [4.78, 5) is 11.3. The van der Waals surface area contributed by atoms with E-state index in [9.17, 15) is 9.18 Å². The fourth-order valence-electron chi connectivity index (χ4n) is 1.65. The lowest BCUT2D eigenvalue weighted by atomic mass is 10.2. The van der Waals surface area contributed by atoms with Gasteiger partial charge in [0.25, 0.3) is 0 Å². The van der Waals surface area contributed by atoms with Gasteiger partial charge in [-0.25, -0.2) is 4.39 Å². The van der Waals surface area contributed by atoms with Gasteiger partial charge in [-0.05, 0) is 25.0 Å². The Balaban J connectivity index is 1.63. The molecule has 0 bridgehead atoms. The summed E-state index contributed by atoms with van der Waals surface area (Å²) in [5, 5.41) is 6.31. The lowest BCUT2D eigenvalue weighted by molar-refractivity contribution is -0.122. The molecule has 0 unspecified atom stereocenters. The molecule has 1 aliphatic rings. The quantitative estimate of drug-likeness (QED) is 0.778. The van der Waals surface area contributed by atoms with Gasteiger partial charge in [-0.1, -0.05) is 17.7 Å². The first-order valence-electron chi connectivity index (χ1n) is 6.09. The number of benzene rings is 1. The maximum Gasteiger partial charge on any atom is 0.223 e. The Bertz CT molecular complexity index is 435. The van der Waals surface area contributed by atoms with Gasteiger partial charge in [0.2, 0.25) is 5.91 Å². The first-order valence-corrected chi connectivity index (χ1v) is 6.47. The molecule has 2 N–H and O–H groups in total. The second kappa shape index (κ2) is 6.16. The SMILES string of the molecule is O=C(NCCNCc1ccc(Cl)cc1F)C1CC1. The smallest absolute Gasteiger partial charge is 0.223 e. The molecule has 1 saturated carbocycles. The fraction of sp³-hybridized carbons (Fsp3) is 0.462. The van der Waals surface area contributed by atoms with Crippen molar-refractivity contribution < 1.29 is 9.18 Å². The first kappa shape index (κ1) is 13.3. The van der Waals surface area contributed by atoms with Gasteiger partial charge in [-0.2, -0.15) is 0 Å². The van der Waals surface area contributed by atoms with Gasteiger partial charge in [0, 0.05) is 36.1 Å². The minimum absolute atomic E-state index is 0.134. The summed E-state index contributed by atoms with van der Waals surface area (Å²) in [6.45, 7) is 1.63. The second-order valence-corrected chi connectivity index (χ2v) is 4.91. The zero-order chi connectivity index (χ0) is 13.0. The summed E-state index contributed by atoms with van der Waals surface area (Å²) in [6.07, 6.45) is 2.02. The molecule has 1 amide bonds. The van der Waals surface area contributed by atoms with Crippen LogP contribution in [0.25, 0.3) is 0 Å². The van der Waals surface area contributed by atoms with Crippen molar-refractivity contribution in [3.8, 4) is 0 Å². The Morgan fingerprint density at radius 2 is 2.17 bits per heavy atom. The zero-order valence-electron chi connectivity index (χ0n) is 10.0. The first-order chi connectivity index (χ1) is 8.66. The van der Waals surface area contributed by atoms with Crippen molar-refractivity contribution in [1.29, 1.82) is 0 Å². The lowest BCUT2D eigenvalue weighted by Gasteiger charge is -2.07. The summed E-state index contributed by atoms with van der Waals surface area (Å²) in [6, 6.07) is 4.62. The van der Waals surface area contributed by atoms with Crippen LogP contribution < -0.4 is 10.6 Å². The fourth-order valence-corrected chi connectivity index (χ4v) is 1.81. The van der Waals surface area contributed by atoms with Crippen LogP contribution in [0.5, 0.6) is 0 Å². The van der Waals surface area contributed by atoms with Crippen LogP contribution in [0.3, 0.4) is 0 Å². The number of hydrogen-bond acceptors (Lipinski definition) is 2. The van der Waals surface area contributed by atoms with Crippen LogP contribution in [0, 0.1) is 11.7 Å². The highest BCUT2D eigenvalue weighted by Gasteiger charge is 2.28. The van der Waals surface area contributed by atoms with Gasteiger partial charge < -0.3 is 10.6 Å². The van der Waals surface area contributed by atoms with Crippen LogP contribution in [-0.2, 0) is 11.3 Å². The molecule has 0 spiro atoms. The Kier molecular flexibility index (Phi) is 4.55. The Morgan fingerprint density at radius 1 is 1.39 bits per heavy atom. The van der Waals surface area contributed by atoms with E-state index in [-0.39, 0.29) is 17.6 Å². The van der Waals surface area contributed by atoms with Crippen molar-refractivity contribution in [3.63, 3.8) is 0 Å². The molecule has 0 saturated heterocycles. The number of carbonyl (C=O) groups is 1.